The highest BCUT2D eigenvalue weighted by Crippen LogP contribution is 2.21. The van der Waals surface area contributed by atoms with Gasteiger partial charge in [-0.1, -0.05) is 19.9 Å². The minimum absolute atomic E-state index is 0.139. The van der Waals surface area contributed by atoms with Crippen LogP contribution in [-0.4, -0.2) is 34.5 Å². The minimum atomic E-state index is -1.82. The molecular formula is C9H16O4. The van der Waals surface area contributed by atoms with E-state index in [1.165, 1.54) is 12.2 Å². The molecule has 0 aromatic heterocycles. The number of cyclic esters (lactones) is 1. The van der Waals surface area contributed by atoms with Gasteiger partial charge in [0.05, 0.1) is 0 Å². The summed E-state index contributed by atoms with van der Waals surface area (Å²) in [6.07, 6.45) is 1.58. The molecule has 1 heterocycles. The minimum Gasteiger partial charge on any atom is -0.460 e. The van der Waals surface area contributed by atoms with Gasteiger partial charge in [0.25, 0.3) is 0 Å². The predicted molar refractivity (Wildman–Crippen MR) is 48.1 cm³/mol. The lowest BCUT2D eigenvalue weighted by Crippen LogP contribution is -2.42. The maximum absolute atomic E-state index is 10.8. The number of aliphatic hydroxyl groups is 2. The summed E-state index contributed by atoms with van der Waals surface area (Å²) in [5, 5.41) is 18.5. The van der Waals surface area contributed by atoms with Gasteiger partial charge in [-0.15, -0.1) is 0 Å². The Bertz CT molecular complexity index is 200. The fourth-order valence-corrected chi connectivity index (χ4v) is 0.967. The lowest BCUT2D eigenvalue weighted by Gasteiger charge is -2.15. The zero-order valence-electron chi connectivity index (χ0n) is 8.15. The van der Waals surface area contributed by atoms with Crippen LogP contribution in [-0.2, 0) is 9.53 Å². The molecule has 1 aliphatic rings. The lowest BCUT2D eigenvalue weighted by molar-refractivity contribution is -0.151. The van der Waals surface area contributed by atoms with Crippen LogP contribution in [0.3, 0.4) is 0 Å². The molecular weight excluding hydrogens is 172 g/mol. The largest absolute Gasteiger partial charge is 0.460 e. The molecule has 0 spiro atoms. The number of carbonyl (C=O) groups excluding carboxylic acids is 1. The van der Waals surface area contributed by atoms with E-state index in [1.807, 2.05) is 13.8 Å². The van der Waals surface area contributed by atoms with E-state index in [2.05, 4.69) is 4.74 Å². The third kappa shape index (κ3) is 2.29. The van der Waals surface area contributed by atoms with Crippen molar-refractivity contribution < 1.29 is 19.7 Å². The first-order chi connectivity index (χ1) is 6.11. The number of allylic oxidation sites excluding steroid dienone is 1. The molecule has 76 valence electrons. The number of carbonyl (C=O) groups is 1. The molecule has 13 heavy (non-hydrogen) atoms. The summed E-state index contributed by atoms with van der Waals surface area (Å²) in [5.74, 6) is -0.789. The van der Waals surface area contributed by atoms with Crippen molar-refractivity contribution in [3.8, 4) is 0 Å². The van der Waals surface area contributed by atoms with E-state index in [0.717, 1.165) is 0 Å². The third-order valence-corrected chi connectivity index (χ3v) is 1.63. The summed E-state index contributed by atoms with van der Waals surface area (Å²) >= 11 is 0. The van der Waals surface area contributed by atoms with Gasteiger partial charge >= 0.3 is 5.97 Å². The van der Waals surface area contributed by atoms with Crippen LogP contribution in [0.4, 0.5) is 0 Å². The molecule has 0 saturated carbocycles. The Labute approximate surface area is 77.8 Å². The summed E-state index contributed by atoms with van der Waals surface area (Å²) in [6, 6.07) is 0. The normalized spacial score (nSPS) is 32.7. The van der Waals surface area contributed by atoms with Gasteiger partial charge in [-0.25, -0.2) is 4.79 Å². The number of hydrogen-bond donors (Lipinski definition) is 2. The first-order valence-electron chi connectivity index (χ1n) is 4.33. The van der Waals surface area contributed by atoms with Crippen molar-refractivity contribution in [2.75, 3.05) is 6.61 Å². The van der Waals surface area contributed by atoms with Crippen LogP contribution in [0, 0.1) is 0 Å². The van der Waals surface area contributed by atoms with Crippen molar-refractivity contribution in [1.82, 2.24) is 0 Å². The molecule has 0 radical (unpaired) electrons. The molecule has 2 atom stereocenters. The quantitative estimate of drug-likeness (QED) is 0.457. The number of rotatable bonds is 1. The predicted octanol–water partition coefficient (Wildman–Crippen LogP) is 0.238. The summed E-state index contributed by atoms with van der Waals surface area (Å²) < 4.78 is 4.44. The van der Waals surface area contributed by atoms with Gasteiger partial charge in [-0.05, 0) is 13.0 Å². The van der Waals surface area contributed by atoms with E-state index < -0.39 is 17.7 Å². The molecule has 4 nitrogen and oxygen atoms in total. The van der Waals surface area contributed by atoms with E-state index in [4.69, 9.17) is 5.11 Å². The second-order valence-corrected chi connectivity index (χ2v) is 2.44. The number of esters is 1. The Balaban J connectivity index is 0.000000671. The standard InChI is InChI=1S/C7H10O4.C2H6/c1-2-3-7(10)5(8)4-11-6(7)9;1-2/h2-3,5,8,10H,4H2,1H3;1-2H3/b3-2+;. The zero-order chi connectivity index (χ0) is 10.5. The molecule has 2 N–H and O–H groups in total. The Kier molecular flexibility index (Phi) is 4.66. The van der Waals surface area contributed by atoms with Crippen molar-refractivity contribution >= 4 is 5.97 Å². The second-order valence-electron chi connectivity index (χ2n) is 2.44. The smallest absolute Gasteiger partial charge is 0.345 e. The number of aliphatic hydroxyl groups excluding tert-OH is 1. The molecule has 0 aromatic rings. The van der Waals surface area contributed by atoms with E-state index in [-0.39, 0.29) is 6.61 Å². The lowest BCUT2D eigenvalue weighted by atomic mass is 9.99. The Morgan fingerprint density at radius 3 is 2.46 bits per heavy atom. The maximum atomic E-state index is 10.8. The van der Waals surface area contributed by atoms with Crippen LogP contribution in [0.25, 0.3) is 0 Å². The summed E-state index contributed by atoms with van der Waals surface area (Å²) in [4.78, 5) is 10.8. The van der Waals surface area contributed by atoms with Gasteiger partial charge in [-0.3, -0.25) is 0 Å². The molecule has 0 amide bonds. The fraction of sp³-hybridized carbons (Fsp3) is 0.667. The Hall–Kier alpha value is -0.870. The molecule has 1 saturated heterocycles. The summed E-state index contributed by atoms with van der Waals surface area (Å²) in [5.41, 5.74) is -1.82. The summed E-state index contributed by atoms with van der Waals surface area (Å²) in [7, 11) is 0. The van der Waals surface area contributed by atoms with E-state index in [9.17, 15) is 9.90 Å². The van der Waals surface area contributed by atoms with Gasteiger partial charge in [0, 0.05) is 0 Å². The fourth-order valence-electron chi connectivity index (χ4n) is 0.967. The van der Waals surface area contributed by atoms with Crippen molar-refractivity contribution in [3.05, 3.63) is 12.2 Å². The summed E-state index contributed by atoms with van der Waals surface area (Å²) in [6.45, 7) is 5.51. The number of hydrogen-bond acceptors (Lipinski definition) is 4. The van der Waals surface area contributed by atoms with Crippen molar-refractivity contribution in [2.45, 2.75) is 32.5 Å². The topological polar surface area (TPSA) is 66.8 Å². The highest BCUT2D eigenvalue weighted by molar-refractivity contribution is 5.84. The highest BCUT2D eigenvalue weighted by Gasteiger charge is 2.48. The SMILES string of the molecule is C/C=C/C1(O)C(=O)OCC1O.CC. The van der Waals surface area contributed by atoms with Gasteiger partial charge in [0.2, 0.25) is 5.60 Å². The van der Waals surface area contributed by atoms with Crippen molar-refractivity contribution in [2.24, 2.45) is 0 Å². The van der Waals surface area contributed by atoms with Crippen molar-refractivity contribution in [3.63, 3.8) is 0 Å². The van der Waals surface area contributed by atoms with E-state index in [1.54, 1.807) is 6.92 Å². The van der Waals surface area contributed by atoms with Crippen molar-refractivity contribution in [1.29, 1.82) is 0 Å². The first kappa shape index (κ1) is 12.1. The monoisotopic (exact) mass is 188 g/mol. The van der Waals surface area contributed by atoms with Crippen LogP contribution in [0.1, 0.15) is 20.8 Å². The third-order valence-electron chi connectivity index (χ3n) is 1.63. The Morgan fingerprint density at radius 2 is 2.15 bits per heavy atom. The molecule has 0 aromatic carbocycles. The average Bonchev–Trinajstić information content (AvgIpc) is 2.38. The Morgan fingerprint density at radius 1 is 1.62 bits per heavy atom. The zero-order valence-corrected chi connectivity index (χ0v) is 8.15. The molecule has 1 fully saturated rings. The molecule has 0 bridgehead atoms. The van der Waals surface area contributed by atoms with Crippen LogP contribution in [0.5, 0.6) is 0 Å². The van der Waals surface area contributed by atoms with Gasteiger partial charge in [0.15, 0.2) is 0 Å². The second kappa shape index (κ2) is 4.99. The molecule has 2 unspecified atom stereocenters. The van der Waals surface area contributed by atoms with Crippen LogP contribution in [0.2, 0.25) is 0 Å². The highest BCUT2D eigenvalue weighted by atomic mass is 16.6. The molecule has 0 aliphatic carbocycles. The molecule has 1 aliphatic heterocycles. The average molecular weight is 188 g/mol. The molecule has 1 rings (SSSR count). The van der Waals surface area contributed by atoms with Gasteiger partial charge < -0.3 is 14.9 Å². The van der Waals surface area contributed by atoms with Crippen LogP contribution in [0.15, 0.2) is 12.2 Å². The molecule has 4 heteroatoms. The van der Waals surface area contributed by atoms with Gasteiger partial charge in [0.1, 0.15) is 12.7 Å². The van der Waals surface area contributed by atoms with Crippen LogP contribution < -0.4 is 0 Å². The maximum Gasteiger partial charge on any atom is 0.345 e. The van der Waals surface area contributed by atoms with Crippen LogP contribution >= 0.6 is 0 Å². The van der Waals surface area contributed by atoms with E-state index in [0.29, 0.717) is 0 Å². The first-order valence-corrected chi connectivity index (χ1v) is 4.33. The van der Waals surface area contributed by atoms with Gasteiger partial charge in [-0.2, -0.15) is 0 Å². The number of ether oxygens (including phenoxy) is 1. The van der Waals surface area contributed by atoms with E-state index >= 15 is 0 Å².